The predicted octanol–water partition coefficient (Wildman–Crippen LogP) is 2.57. The zero-order valence-electron chi connectivity index (χ0n) is 7.54. The van der Waals surface area contributed by atoms with Crippen LogP contribution in [0.25, 0.3) is 0 Å². The molecule has 3 heteroatoms. The van der Waals surface area contributed by atoms with E-state index < -0.39 is 6.10 Å². The van der Waals surface area contributed by atoms with Gasteiger partial charge in [0.2, 0.25) is 0 Å². The Labute approximate surface area is 85.7 Å². The summed E-state index contributed by atoms with van der Waals surface area (Å²) >= 11 is 3.40. The van der Waals surface area contributed by atoms with Gasteiger partial charge in [-0.25, -0.2) is 0 Å². The third-order valence-corrected chi connectivity index (χ3v) is 2.79. The maximum atomic E-state index is 9.75. The lowest BCUT2D eigenvalue weighted by Gasteiger charge is -2.06. The van der Waals surface area contributed by atoms with E-state index in [1.165, 1.54) is 0 Å². The molecule has 1 heterocycles. The van der Waals surface area contributed by atoms with Crippen molar-refractivity contribution >= 4 is 15.9 Å². The van der Waals surface area contributed by atoms with Gasteiger partial charge in [-0.2, -0.15) is 0 Å². The number of halogens is 1. The van der Waals surface area contributed by atoms with Crippen molar-refractivity contribution < 1.29 is 9.84 Å². The van der Waals surface area contributed by atoms with Crippen molar-refractivity contribution in [2.45, 2.75) is 26.1 Å². The average molecular weight is 243 g/mol. The fraction of sp³-hybridized carbons (Fsp3) is 0.400. The smallest absolute Gasteiger partial charge is 0.128 e. The molecule has 2 unspecified atom stereocenters. The van der Waals surface area contributed by atoms with Crippen LogP contribution in [0.4, 0.5) is 0 Å². The summed E-state index contributed by atoms with van der Waals surface area (Å²) in [5.41, 5.74) is 1.95. The van der Waals surface area contributed by atoms with Crippen molar-refractivity contribution in [3.8, 4) is 5.75 Å². The molecule has 1 aliphatic rings. The molecule has 2 atom stereocenters. The predicted molar refractivity (Wildman–Crippen MR) is 53.9 cm³/mol. The summed E-state index contributed by atoms with van der Waals surface area (Å²) in [6.45, 7) is 3.85. The molecule has 0 bridgehead atoms. The van der Waals surface area contributed by atoms with Crippen LogP contribution < -0.4 is 4.74 Å². The van der Waals surface area contributed by atoms with E-state index in [1.807, 2.05) is 26.0 Å². The Hall–Kier alpha value is -0.540. The number of fused-ring (bicyclic) bond motifs is 1. The van der Waals surface area contributed by atoms with E-state index in [1.54, 1.807) is 0 Å². The van der Waals surface area contributed by atoms with Crippen LogP contribution in [-0.2, 0) is 0 Å². The van der Waals surface area contributed by atoms with Gasteiger partial charge in [0.15, 0.2) is 0 Å². The molecular weight excluding hydrogens is 232 g/mol. The van der Waals surface area contributed by atoms with Crippen molar-refractivity contribution in [2.75, 3.05) is 0 Å². The molecule has 70 valence electrons. The molecule has 0 spiro atoms. The van der Waals surface area contributed by atoms with Gasteiger partial charge in [0.1, 0.15) is 18.0 Å². The number of hydrogen-bond acceptors (Lipinski definition) is 2. The lowest BCUT2D eigenvalue weighted by Crippen LogP contribution is -2.12. The Morgan fingerprint density at radius 1 is 1.46 bits per heavy atom. The van der Waals surface area contributed by atoms with Crippen molar-refractivity contribution in [3.63, 3.8) is 0 Å². The maximum absolute atomic E-state index is 9.75. The van der Waals surface area contributed by atoms with Gasteiger partial charge < -0.3 is 9.84 Å². The van der Waals surface area contributed by atoms with Gasteiger partial charge in [-0.15, -0.1) is 0 Å². The van der Waals surface area contributed by atoms with Gasteiger partial charge in [-0.3, -0.25) is 0 Å². The second-order valence-corrected chi connectivity index (χ2v) is 4.32. The lowest BCUT2D eigenvalue weighted by molar-refractivity contribution is 0.0793. The molecule has 0 saturated carbocycles. The minimum atomic E-state index is -0.494. The van der Waals surface area contributed by atoms with Crippen LogP contribution in [0.5, 0.6) is 5.75 Å². The highest BCUT2D eigenvalue weighted by atomic mass is 79.9. The first kappa shape index (κ1) is 9.03. The molecule has 0 amide bonds. The van der Waals surface area contributed by atoms with E-state index in [0.29, 0.717) is 0 Å². The van der Waals surface area contributed by atoms with Crippen LogP contribution in [0.15, 0.2) is 16.6 Å². The fourth-order valence-electron chi connectivity index (χ4n) is 1.64. The van der Waals surface area contributed by atoms with Crippen molar-refractivity contribution in [3.05, 3.63) is 27.7 Å². The minimum Gasteiger partial charge on any atom is -0.487 e. The summed E-state index contributed by atoms with van der Waals surface area (Å²) in [4.78, 5) is 0. The number of ether oxygens (including phenoxy) is 1. The Kier molecular flexibility index (Phi) is 2.08. The number of benzene rings is 1. The summed E-state index contributed by atoms with van der Waals surface area (Å²) in [6, 6.07) is 3.90. The van der Waals surface area contributed by atoms with Crippen molar-refractivity contribution in [1.82, 2.24) is 0 Å². The summed E-state index contributed by atoms with van der Waals surface area (Å²) in [5, 5.41) is 9.75. The van der Waals surface area contributed by atoms with Crippen LogP contribution in [0.2, 0.25) is 0 Å². The molecule has 0 saturated heterocycles. The summed E-state index contributed by atoms with van der Waals surface area (Å²) < 4.78 is 6.52. The summed E-state index contributed by atoms with van der Waals surface area (Å²) in [5.74, 6) is 0.836. The number of aliphatic hydroxyl groups is 1. The van der Waals surface area contributed by atoms with Gasteiger partial charge in [0, 0.05) is 10.0 Å². The Balaban J connectivity index is 2.57. The first-order valence-corrected chi connectivity index (χ1v) is 5.03. The Bertz CT molecular complexity index is 349. The number of aryl methyl sites for hydroxylation is 1. The molecule has 2 nitrogen and oxygen atoms in total. The molecule has 1 N–H and O–H groups in total. The van der Waals surface area contributed by atoms with Crippen LogP contribution >= 0.6 is 15.9 Å². The van der Waals surface area contributed by atoms with E-state index in [4.69, 9.17) is 4.74 Å². The van der Waals surface area contributed by atoms with Crippen LogP contribution in [-0.4, -0.2) is 11.2 Å². The maximum Gasteiger partial charge on any atom is 0.128 e. The third-order valence-electron chi connectivity index (χ3n) is 2.34. The van der Waals surface area contributed by atoms with Crippen LogP contribution in [0.1, 0.15) is 24.2 Å². The molecule has 1 aromatic rings. The van der Waals surface area contributed by atoms with Gasteiger partial charge in [0.05, 0.1) is 0 Å². The van der Waals surface area contributed by atoms with Gasteiger partial charge in [0.25, 0.3) is 0 Å². The monoisotopic (exact) mass is 242 g/mol. The molecule has 1 aliphatic heterocycles. The summed E-state index contributed by atoms with van der Waals surface area (Å²) in [7, 11) is 0. The molecule has 0 aliphatic carbocycles. The highest BCUT2D eigenvalue weighted by Gasteiger charge is 2.30. The fourth-order valence-corrected chi connectivity index (χ4v) is 2.23. The van der Waals surface area contributed by atoms with Gasteiger partial charge in [-0.1, -0.05) is 15.9 Å². The standard InChI is InChI=1S/C10H11BrO2/c1-5-3-7(11)4-8-9(12)6(2)13-10(5)8/h3-4,6,9,12H,1-2H3. The Morgan fingerprint density at radius 2 is 2.15 bits per heavy atom. The molecule has 0 radical (unpaired) electrons. The Morgan fingerprint density at radius 3 is 2.85 bits per heavy atom. The quantitative estimate of drug-likeness (QED) is 0.758. The first-order valence-electron chi connectivity index (χ1n) is 4.24. The van der Waals surface area contributed by atoms with Gasteiger partial charge in [-0.05, 0) is 31.5 Å². The molecule has 1 aromatic carbocycles. The average Bonchev–Trinajstić information content (AvgIpc) is 2.32. The molecular formula is C10H11BrO2. The molecule has 2 rings (SSSR count). The normalized spacial score (nSPS) is 25.5. The largest absolute Gasteiger partial charge is 0.487 e. The zero-order chi connectivity index (χ0) is 9.59. The first-order chi connectivity index (χ1) is 6.09. The number of hydrogen-bond donors (Lipinski definition) is 1. The van der Waals surface area contributed by atoms with Crippen LogP contribution in [0, 0.1) is 6.92 Å². The van der Waals surface area contributed by atoms with E-state index >= 15 is 0 Å². The summed E-state index contributed by atoms with van der Waals surface area (Å²) in [6.07, 6.45) is -0.630. The van der Waals surface area contributed by atoms with E-state index in [9.17, 15) is 5.11 Å². The number of aliphatic hydroxyl groups excluding tert-OH is 1. The third kappa shape index (κ3) is 1.36. The highest BCUT2D eigenvalue weighted by molar-refractivity contribution is 9.10. The SMILES string of the molecule is Cc1cc(Br)cc2c1OC(C)C2O. The van der Waals surface area contributed by atoms with Gasteiger partial charge >= 0.3 is 0 Å². The van der Waals surface area contributed by atoms with E-state index in [-0.39, 0.29) is 6.10 Å². The minimum absolute atomic E-state index is 0.136. The molecule has 13 heavy (non-hydrogen) atoms. The van der Waals surface area contributed by atoms with Crippen molar-refractivity contribution in [1.29, 1.82) is 0 Å². The second-order valence-electron chi connectivity index (χ2n) is 3.41. The topological polar surface area (TPSA) is 29.5 Å². The van der Waals surface area contributed by atoms with E-state index in [2.05, 4.69) is 15.9 Å². The van der Waals surface area contributed by atoms with Crippen LogP contribution in [0.3, 0.4) is 0 Å². The van der Waals surface area contributed by atoms with E-state index in [0.717, 1.165) is 21.3 Å². The lowest BCUT2D eigenvalue weighted by atomic mass is 10.1. The zero-order valence-corrected chi connectivity index (χ0v) is 9.13. The highest BCUT2D eigenvalue weighted by Crippen LogP contribution is 2.40. The van der Waals surface area contributed by atoms with Crippen molar-refractivity contribution in [2.24, 2.45) is 0 Å². The molecule has 0 fully saturated rings. The number of rotatable bonds is 0. The molecule has 0 aromatic heterocycles. The second kappa shape index (κ2) is 3.00.